The van der Waals surface area contributed by atoms with E-state index in [1.54, 1.807) is 7.11 Å². The molecule has 1 fully saturated rings. The molecular formula is C23H29NO2. The molecule has 0 spiro atoms. The van der Waals surface area contributed by atoms with Gasteiger partial charge in [0.15, 0.2) is 0 Å². The lowest BCUT2D eigenvalue weighted by molar-refractivity contribution is -0.133. The molecule has 0 radical (unpaired) electrons. The van der Waals surface area contributed by atoms with Crippen molar-refractivity contribution in [3.63, 3.8) is 0 Å². The second-order valence-electron chi connectivity index (χ2n) is 7.30. The molecule has 0 bridgehead atoms. The Morgan fingerprint density at radius 3 is 2.38 bits per heavy atom. The molecule has 3 nitrogen and oxygen atoms in total. The second-order valence-corrected chi connectivity index (χ2v) is 7.30. The SMILES string of the molecule is COCC1CCN(C(=O)CC(c2ccccc2)c2ccccc2C)CC1. The van der Waals surface area contributed by atoms with Gasteiger partial charge in [-0.05, 0) is 42.4 Å². The van der Waals surface area contributed by atoms with Crippen LogP contribution in [0, 0.1) is 12.8 Å². The lowest BCUT2D eigenvalue weighted by Crippen LogP contribution is -2.40. The number of aryl methyl sites for hydroxylation is 1. The van der Waals surface area contributed by atoms with Crippen molar-refractivity contribution in [1.82, 2.24) is 4.90 Å². The van der Waals surface area contributed by atoms with Crippen LogP contribution in [0.4, 0.5) is 0 Å². The van der Waals surface area contributed by atoms with Crippen LogP contribution in [0.1, 0.15) is 41.9 Å². The van der Waals surface area contributed by atoms with Gasteiger partial charge in [0.2, 0.25) is 5.91 Å². The van der Waals surface area contributed by atoms with Gasteiger partial charge in [0.1, 0.15) is 0 Å². The van der Waals surface area contributed by atoms with Crippen molar-refractivity contribution in [2.45, 2.75) is 32.1 Å². The summed E-state index contributed by atoms with van der Waals surface area (Å²) in [6.45, 7) is 4.63. The minimum atomic E-state index is 0.113. The van der Waals surface area contributed by atoms with Crippen LogP contribution in [0.3, 0.4) is 0 Å². The van der Waals surface area contributed by atoms with Gasteiger partial charge in [0, 0.05) is 39.1 Å². The molecule has 1 amide bonds. The predicted molar refractivity (Wildman–Crippen MR) is 105 cm³/mol. The highest BCUT2D eigenvalue weighted by molar-refractivity contribution is 5.78. The molecule has 2 aromatic rings. The van der Waals surface area contributed by atoms with E-state index in [0.29, 0.717) is 12.3 Å². The Balaban J connectivity index is 1.74. The maximum atomic E-state index is 13.0. The number of amides is 1. The summed E-state index contributed by atoms with van der Waals surface area (Å²) in [7, 11) is 1.75. The van der Waals surface area contributed by atoms with Gasteiger partial charge in [-0.25, -0.2) is 0 Å². The van der Waals surface area contributed by atoms with Crippen LogP contribution in [0.2, 0.25) is 0 Å². The molecule has 0 aliphatic carbocycles. The number of hydrogen-bond acceptors (Lipinski definition) is 2. The van der Waals surface area contributed by atoms with Gasteiger partial charge in [-0.3, -0.25) is 4.79 Å². The van der Waals surface area contributed by atoms with Gasteiger partial charge in [-0.15, -0.1) is 0 Å². The molecule has 26 heavy (non-hydrogen) atoms. The van der Waals surface area contributed by atoms with E-state index in [9.17, 15) is 4.79 Å². The molecule has 3 rings (SSSR count). The van der Waals surface area contributed by atoms with E-state index in [1.807, 2.05) is 11.0 Å². The number of likely N-dealkylation sites (tertiary alicyclic amines) is 1. The number of ether oxygens (including phenoxy) is 1. The first-order valence-corrected chi connectivity index (χ1v) is 9.56. The molecule has 1 heterocycles. The predicted octanol–water partition coefficient (Wildman–Crippen LogP) is 4.40. The molecule has 1 aliphatic rings. The Kier molecular flexibility index (Phi) is 6.45. The fourth-order valence-corrected chi connectivity index (χ4v) is 3.96. The maximum absolute atomic E-state index is 13.0. The molecule has 138 valence electrons. The Hall–Kier alpha value is -2.13. The summed E-state index contributed by atoms with van der Waals surface area (Å²) in [4.78, 5) is 15.1. The number of carbonyl (C=O) groups excluding carboxylic acids is 1. The number of methoxy groups -OCH3 is 1. The first-order chi connectivity index (χ1) is 12.7. The number of nitrogens with zero attached hydrogens (tertiary/aromatic N) is 1. The summed E-state index contributed by atoms with van der Waals surface area (Å²) in [5.41, 5.74) is 3.71. The fourth-order valence-electron chi connectivity index (χ4n) is 3.96. The van der Waals surface area contributed by atoms with E-state index < -0.39 is 0 Å². The van der Waals surface area contributed by atoms with Crippen molar-refractivity contribution in [2.24, 2.45) is 5.92 Å². The van der Waals surface area contributed by atoms with Gasteiger partial charge in [0.25, 0.3) is 0 Å². The van der Waals surface area contributed by atoms with Crippen molar-refractivity contribution in [3.8, 4) is 0 Å². The van der Waals surface area contributed by atoms with Crippen LogP contribution in [0.5, 0.6) is 0 Å². The molecule has 0 saturated carbocycles. The van der Waals surface area contributed by atoms with Crippen molar-refractivity contribution in [1.29, 1.82) is 0 Å². The van der Waals surface area contributed by atoms with Crippen LogP contribution in [0.25, 0.3) is 0 Å². The third kappa shape index (κ3) is 4.53. The van der Waals surface area contributed by atoms with Crippen LogP contribution in [-0.4, -0.2) is 37.6 Å². The van der Waals surface area contributed by atoms with Gasteiger partial charge in [-0.2, -0.15) is 0 Å². The quantitative estimate of drug-likeness (QED) is 0.772. The fraction of sp³-hybridized carbons (Fsp3) is 0.435. The first kappa shape index (κ1) is 18.7. The van der Waals surface area contributed by atoms with E-state index in [2.05, 4.69) is 55.5 Å². The monoisotopic (exact) mass is 351 g/mol. The van der Waals surface area contributed by atoms with Crippen molar-refractivity contribution in [3.05, 3.63) is 71.3 Å². The number of piperidine rings is 1. The van der Waals surface area contributed by atoms with E-state index in [4.69, 9.17) is 4.74 Å². The van der Waals surface area contributed by atoms with Crippen LogP contribution in [-0.2, 0) is 9.53 Å². The van der Waals surface area contributed by atoms with E-state index in [-0.39, 0.29) is 11.8 Å². The summed E-state index contributed by atoms with van der Waals surface area (Å²) < 4.78 is 5.27. The van der Waals surface area contributed by atoms with Crippen LogP contribution >= 0.6 is 0 Å². The second kappa shape index (κ2) is 9.00. The lowest BCUT2D eigenvalue weighted by atomic mass is 9.85. The van der Waals surface area contributed by atoms with Crippen molar-refractivity contribution < 1.29 is 9.53 Å². The van der Waals surface area contributed by atoms with E-state index >= 15 is 0 Å². The number of rotatable bonds is 6. The molecule has 2 aromatic carbocycles. The standard InChI is InChI=1S/C23H29NO2/c1-18-8-6-7-11-21(18)22(20-9-4-3-5-10-20)16-23(25)24-14-12-19(13-15-24)17-26-2/h3-11,19,22H,12-17H2,1-2H3. The average Bonchev–Trinajstić information content (AvgIpc) is 2.68. The zero-order valence-corrected chi connectivity index (χ0v) is 15.9. The van der Waals surface area contributed by atoms with Gasteiger partial charge < -0.3 is 9.64 Å². The summed E-state index contributed by atoms with van der Waals surface area (Å²) >= 11 is 0. The average molecular weight is 351 g/mol. The van der Waals surface area contributed by atoms with Crippen molar-refractivity contribution >= 4 is 5.91 Å². The van der Waals surface area contributed by atoms with Crippen molar-refractivity contribution in [2.75, 3.05) is 26.8 Å². The highest BCUT2D eigenvalue weighted by atomic mass is 16.5. The molecule has 1 aliphatic heterocycles. The maximum Gasteiger partial charge on any atom is 0.223 e. The molecule has 0 aromatic heterocycles. The molecule has 1 unspecified atom stereocenters. The summed E-state index contributed by atoms with van der Waals surface area (Å²) in [6, 6.07) is 18.8. The van der Waals surface area contributed by atoms with Gasteiger partial charge in [-0.1, -0.05) is 54.6 Å². The normalized spacial score (nSPS) is 16.5. The number of benzene rings is 2. The number of carbonyl (C=O) groups is 1. The number of hydrogen-bond donors (Lipinski definition) is 0. The molecule has 1 saturated heterocycles. The third-order valence-corrected chi connectivity index (χ3v) is 5.51. The highest BCUT2D eigenvalue weighted by Crippen LogP contribution is 2.31. The topological polar surface area (TPSA) is 29.5 Å². The zero-order valence-electron chi connectivity index (χ0n) is 15.9. The Bertz CT molecular complexity index is 705. The highest BCUT2D eigenvalue weighted by Gasteiger charge is 2.26. The Morgan fingerprint density at radius 1 is 1.08 bits per heavy atom. The largest absolute Gasteiger partial charge is 0.384 e. The summed E-state index contributed by atoms with van der Waals surface area (Å²) in [5, 5.41) is 0. The molecular weight excluding hydrogens is 322 g/mol. The van der Waals surface area contributed by atoms with Gasteiger partial charge >= 0.3 is 0 Å². The van der Waals surface area contributed by atoms with E-state index in [1.165, 1.54) is 16.7 Å². The van der Waals surface area contributed by atoms with Crippen LogP contribution in [0.15, 0.2) is 54.6 Å². The first-order valence-electron chi connectivity index (χ1n) is 9.56. The molecule has 3 heteroatoms. The Labute approximate surface area is 157 Å². The molecule has 0 N–H and O–H groups in total. The third-order valence-electron chi connectivity index (χ3n) is 5.51. The summed E-state index contributed by atoms with van der Waals surface area (Å²) in [6.07, 6.45) is 2.61. The zero-order chi connectivity index (χ0) is 18.4. The lowest BCUT2D eigenvalue weighted by Gasteiger charge is -2.33. The smallest absolute Gasteiger partial charge is 0.223 e. The van der Waals surface area contributed by atoms with Gasteiger partial charge in [0.05, 0.1) is 0 Å². The van der Waals surface area contributed by atoms with E-state index in [0.717, 1.165) is 32.5 Å². The molecule has 1 atom stereocenters. The minimum absolute atomic E-state index is 0.113. The summed E-state index contributed by atoms with van der Waals surface area (Å²) in [5.74, 6) is 0.963. The minimum Gasteiger partial charge on any atom is -0.384 e. The van der Waals surface area contributed by atoms with Crippen LogP contribution < -0.4 is 0 Å². The Morgan fingerprint density at radius 2 is 1.73 bits per heavy atom.